The third-order valence-corrected chi connectivity index (χ3v) is 3.45. The highest BCUT2D eigenvalue weighted by Gasteiger charge is 2.19. The molecule has 3 nitrogen and oxygen atoms in total. The molecule has 0 aliphatic heterocycles. The van der Waals surface area contributed by atoms with Crippen LogP contribution < -0.4 is 5.32 Å². The Hall–Kier alpha value is -0.350. The molecule has 2 rings (SSSR count). The molecule has 1 N–H and O–H groups in total. The van der Waals surface area contributed by atoms with E-state index >= 15 is 0 Å². The van der Waals surface area contributed by atoms with Gasteiger partial charge in [-0.25, -0.2) is 0 Å². The summed E-state index contributed by atoms with van der Waals surface area (Å²) in [6.45, 7) is 4.29. The quantitative estimate of drug-likeness (QED) is 0.781. The molecule has 16 heavy (non-hydrogen) atoms. The molecule has 0 saturated heterocycles. The molecule has 90 valence electrons. The molecule has 1 aliphatic rings. The van der Waals surface area contributed by atoms with Crippen LogP contribution in [0.4, 0.5) is 0 Å². The summed E-state index contributed by atoms with van der Waals surface area (Å²) >= 11 is 3.41. The van der Waals surface area contributed by atoms with Crippen LogP contribution in [0.1, 0.15) is 32.6 Å². The van der Waals surface area contributed by atoms with Crippen LogP contribution in [-0.4, -0.2) is 22.4 Å². The highest BCUT2D eigenvalue weighted by molar-refractivity contribution is 9.10. The molecule has 0 spiro atoms. The van der Waals surface area contributed by atoms with Gasteiger partial charge in [0.15, 0.2) is 0 Å². The van der Waals surface area contributed by atoms with E-state index in [-0.39, 0.29) is 0 Å². The molecule has 1 heterocycles. The fraction of sp³-hybridized carbons (Fsp3) is 0.750. The normalized spacial score (nSPS) is 17.6. The van der Waals surface area contributed by atoms with E-state index in [1.165, 1.54) is 25.7 Å². The van der Waals surface area contributed by atoms with Gasteiger partial charge in [0, 0.05) is 12.2 Å². The third kappa shape index (κ3) is 4.26. The molecule has 0 radical (unpaired) electrons. The molecular formula is C12H20BrN3. The molecule has 1 saturated carbocycles. The van der Waals surface area contributed by atoms with Gasteiger partial charge in [0.1, 0.15) is 0 Å². The molecular weight excluding hydrogens is 266 g/mol. The van der Waals surface area contributed by atoms with Crippen molar-refractivity contribution in [3.05, 3.63) is 16.9 Å². The molecule has 1 aromatic rings. The second-order valence-electron chi connectivity index (χ2n) is 4.82. The van der Waals surface area contributed by atoms with E-state index in [9.17, 15) is 0 Å². The maximum absolute atomic E-state index is 4.25. The zero-order chi connectivity index (χ0) is 11.4. The lowest BCUT2D eigenvalue weighted by Crippen LogP contribution is -2.31. The standard InChI is InChI=1S/C12H20BrN3/c1-10(8-16-9-12(13)7-15-16)14-6-2-3-11-4-5-11/h7,9-11,14H,2-6,8H2,1H3. The first-order valence-electron chi connectivity index (χ1n) is 6.15. The molecule has 1 atom stereocenters. The summed E-state index contributed by atoms with van der Waals surface area (Å²) in [5.74, 6) is 1.05. The Labute approximate surface area is 106 Å². The molecule has 1 aliphatic carbocycles. The first-order chi connectivity index (χ1) is 7.74. The summed E-state index contributed by atoms with van der Waals surface area (Å²) in [7, 11) is 0. The van der Waals surface area contributed by atoms with Crippen molar-refractivity contribution in [3.8, 4) is 0 Å². The van der Waals surface area contributed by atoms with Crippen molar-refractivity contribution in [3.63, 3.8) is 0 Å². The van der Waals surface area contributed by atoms with Crippen molar-refractivity contribution in [2.45, 2.75) is 45.2 Å². The summed E-state index contributed by atoms with van der Waals surface area (Å²) in [5.41, 5.74) is 0. The lowest BCUT2D eigenvalue weighted by atomic mass is 10.2. The fourth-order valence-electron chi connectivity index (χ4n) is 1.93. The van der Waals surface area contributed by atoms with Crippen molar-refractivity contribution < 1.29 is 0 Å². The van der Waals surface area contributed by atoms with E-state index < -0.39 is 0 Å². The van der Waals surface area contributed by atoms with Crippen LogP contribution in [0.3, 0.4) is 0 Å². The van der Waals surface area contributed by atoms with Crippen LogP contribution in [0.2, 0.25) is 0 Å². The van der Waals surface area contributed by atoms with Crippen molar-refractivity contribution in [2.75, 3.05) is 6.54 Å². The van der Waals surface area contributed by atoms with Gasteiger partial charge in [-0.15, -0.1) is 0 Å². The third-order valence-electron chi connectivity index (χ3n) is 3.04. The number of rotatable bonds is 7. The maximum Gasteiger partial charge on any atom is 0.0632 e. The maximum atomic E-state index is 4.25. The average Bonchev–Trinajstić information content (AvgIpc) is 2.98. The van der Waals surface area contributed by atoms with Gasteiger partial charge in [-0.3, -0.25) is 4.68 Å². The fourth-order valence-corrected chi connectivity index (χ4v) is 2.26. The molecule has 4 heteroatoms. The Bertz CT molecular complexity index is 320. The lowest BCUT2D eigenvalue weighted by Gasteiger charge is -2.13. The van der Waals surface area contributed by atoms with Gasteiger partial charge in [-0.05, 0) is 48.2 Å². The van der Waals surface area contributed by atoms with E-state index in [0.717, 1.165) is 23.5 Å². The van der Waals surface area contributed by atoms with E-state index in [4.69, 9.17) is 0 Å². The van der Waals surface area contributed by atoms with Crippen LogP contribution >= 0.6 is 15.9 Å². The number of aromatic nitrogens is 2. The molecule has 0 bridgehead atoms. The largest absolute Gasteiger partial charge is 0.312 e. The summed E-state index contributed by atoms with van der Waals surface area (Å²) in [6, 6.07) is 0.492. The van der Waals surface area contributed by atoms with Gasteiger partial charge in [-0.1, -0.05) is 12.8 Å². The van der Waals surface area contributed by atoms with Gasteiger partial charge in [0.05, 0.1) is 17.2 Å². The zero-order valence-electron chi connectivity index (χ0n) is 9.82. The summed E-state index contributed by atoms with van der Waals surface area (Å²) in [6.07, 6.45) is 9.51. The van der Waals surface area contributed by atoms with E-state index in [0.29, 0.717) is 6.04 Å². The van der Waals surface area contributed by atoms with Gasteiger partial charge < -0.3 is 5.32 Å². The van der Waals surface area contributed by atoms with Crippen LogP contribution in [0.25, 0.3) is 0 Å². The Morgan fingerprint density at radius 2 is 2.44 bits per heavy atom. The highest BCUT2D eigenvalue weighted by Crippen LogP contribution is 2.33. The first kappa shape index (κ1) is 12.1. The van der Waals surface area contributed by atoms with Crippen LogP contribution in [0.5, 0.6) is 0 Å². The number of nitrogens with zero attached hydrogens (tertiary/aromatic N) is 2. The van der Waals surface area contributed by atoms with Crippen molar-refractivity contribution >= 4 is 15.9 Å². The SMILES string of the molecule is CC(Cn1cc(Br)cn1)NCCCC1CC1. The van der Waals surface area contributed by atoms with Crippen molar-refractivity contribution in [1.82, 2.24) is 15.1 Å². The van der Waals surface area contributed by atoms with Gasteiger partial charge in [0.2, 0.25) is 0 Å². The average molecular weight is 286 g/mol. The number of nitrogens with one attached hydrogen (secondary N) is 1. The Morgan fingerprint density at radius 1 is 1.62 bits per heavy atom. The Balaban J connectivity index is 1.57. The Kier molecular flexibility index (Phi) is 4.41. The second-order valence-corrected chi connectivity index (χ2v) is 5.74. The lowest BCUT2D eigenvalue weighted by molar-refractivity contribution is 0.442. The topological polar surface area (TPSA) is 29.9 Å². The van der Waals surface area contributed by atoms with Crippen LogP contribution in [0, 0.1) is 5.92 Å². The van der Waals surface area contributed by atoms with Gasteiger partial charge >= 0.3 is 0 Å². The minimum atomic E-state index is 0.492. The molecule has 0 aromatic carbocycles. The smallest absolute Gasteiger partial charge is 0.0632 e. The van der Waals surface area contributed by atoms with Crippen molar-refractivity contribution in [2.24, 2.45) is 5.92 Å². The molecule has 0 amide bonds. The van der Waals surface area contributed by atoms with Crippen LogP contribution in [0.15, 0.2) is 16.9 Å². The summed E-state index contributed by atoms with van der Waals surface area (Å²) in [4.78, 5) is 0. The second kappa shape index (κ2) is 5.82. The van der Waals surface area contributed by atoms with E-state index in [1.807, 2.05) is 17.1 Å². The highest BCUT2D eigenvalue weighted by atomic mass is 79.9. The number of hydrogen-bond acceptors (Lipinski definition) is 2. The summed E-state index contributed by atoms with van der Waals surface area (Å²) < 4.78 is 3.02. The predicted octanol–water partition coefficient (Wildman–Crippen LogP) is 2.81. The summed E-state index contributed by atoms with van der Waals surface area (Å²) in [5, 5.41) is 7.80. The number of hydrogen-bond donors (Lipinski definition) is 1. The minimum absolute atomic E-state index is 0.492. The predicted molar refractivity (Wildman–Crippen MR) is 69.3 cm³/mol. The number of halogens is 1. The zero-order valence-corrected chi connectivity index (χ0v) is 11.4. The van der Waals surface area contributed by atoms with Gasteiger partial charge in [0.25, 0.3) is 0 Å². The van der Waals surface area contributed by atoms with E-state index in [1.54, 1.807) is 0 Å². The van der Waals surface area contributed by atoms with Crippen molar-refractivity contribution in [1.29, 1.82) is 0 Å². The van der Waals surface area contributed by atoms with Crippen LogP contribution in [-0.2, 0) is 6.54 Å². The monoisotopic (exact) mass is 285 g/mol. The molecule has 1 aromatic heterocycles. The van der Waals surface area contributed by atoms with Gasteiger partial charge in [-0.2, -0.15) is 5.10 Å². The molecule has 1 unspecified atom stereocenters. The molecule has 1 fully saturated rings. The first-order valence-corrected chi connectivity index (χ1v) is 6.94. The minimum Gasteiger partial charge on any atom is -0.312 e. The van der Waals surface area contributed by atoms with E-state index in [2.05, 4.69) is 33.3 Å². The Morgan fingerprint density at radius 3 is 3.06 bits per heavy atom.